The molecule has 0 heterocycles. The van der Waals surface area contributed by atoms with Gasteiger partial charge in [0.25, 0.3) is 0 Å². The van der Waals surface area contributed by atoms with E-state index in [0.717, 1.165) is 0 Å². The van der Waals surface area contributed by atoms with E-state index < -0.39 is 72.8 Å². The van der Waals surface area contributed by atoms with Crippen molar-refractivity contribution in [3.05, 3.63) is 35.9 Å². The Balaban J connectivity index is 2.85. The molecule has 1 rings (SSSR count). The van der Waals surface area contributed by atoms with Gasteiger partial charge in [0.15, 0.2) is 0 Å². The van der Waals surface area contributed by atoms with Crippen molar-refractivity contribution in [1.29, 1.82) is 0 Å². The Kier molecular flexibility index (Phi) is 11.0. The van der Waals surface area contributed by atoms with E-state index in [4.69, 9.17) is 10.8 Å². The molecule has 0 unspecified atom stereocenters. The van der Waals surface area contributed by atoms with Crippen molar-refractivity contribution in [3.63, 3.8) is 0 Å². The predicted octanol–water partition coefficient (Wildman–Crippen LogP) is -1.78. The molecule has 12 heteroatoms. The lowest BCUT2D eigenvalue weighted by Crippen LogP contribution is -2.59. The van der Waals surface area contributed by atoms with Gasteiger partial charge in [0.2, 0.25) is 17.7 Å². The normalized spacial score (nSPS) is 14.5. The zero-order chi connectivity index (χ0) is 25.1. The highest BCUT2D eigenvalue weighted by molar-refractivity contribution is 5.94. The number of hydrogen-bond donors (Lipinski definition) is 7. The molecule has 0 radical (unpaired) electrons. The minimum Gasteiger partial charge on any atom is -0.481 e. The van der Waals surface area contributed by atoms with Gasteiger partial charge in [-0.15, -0.1) is 0 Å². The summed E-state index contributed by atoms with van der Waals surface area (Å²) in [4.78, 5) is 59.6. The van der Waals surface area contributed by atoms with Crippen LogP contribution in [-0.4, -0.2) is 75.8 Å². The zero-order valence-electron chi connectivity index (χ0n) is 18.4. The number of carbonyl (C=O) groups is 5. The van der Waals surface area contributed by atoms with Crippen LogP contribution >= 0.6 is 0 Å². The summed E-state index contributed by atoms with van der Waals surface area (Å²) in [6.07, 6.45) is -0.655. The second kappa shape index (κ2) is 13.1. The van der Waals surface area contributed by atoms with Crippen LogP contribution in [0.1, 0.15) is 25.8 Å². The second-order valence-electron chi connectivity index (χ2n) is 7.77. The summed E-state index contributed by atoms with van der Waals surface area (Å²) < 4.78 is 0. The van der Waals surface area contributed by atoms with E-state index in [2.05, 4.69) is 16.0 Å². The highest BCUT2D eigenvalue weighted by Crippen LogP contribution is 2.07. The van der Waals surface area contributed by atoms with E-state index in [0.29, 0.717) is 5.56 Å². The van der Waals surface area contributed by atoms with Gasteiger partial charge in [-0.1, -0.05) is 44.2 Å². The summed E-state index contributed by atoms with van der Waals surface area (Å²) in [5.74, 6) is -5.68. The summed E-state index contributed by atoms with van der Waals surface area (Å²) in [5, 5.41) is 34.6. The molecule has 182 valence electrons. The van der Waals surface area contributed by atoms with Gasteiger partial charge in [-0.05, 0) is 11.5 Å². The number of amides is 3. The van der Waals surface area contributed by atoms with Crippen molar-refractivity contribution < 1.29 is 39.3 Å². The smallest absolute Gasteiger partial charge is 0.326 e. The van der Waals surface area contributed by atoms with Gasteiger partial charge in [-0.3, -0.25) is 19.2 Å². The maximum Gasteiger partial charge on any atom is 0.326 e. The molecule has 0 saturated heterocycles. The van der Waals surface area contributed by atoms with Crippen LogP contribution in [0.15, 0.2) is 30.3 Å². The van der Waals surface area contributed by atoms with Gasteiger partial charge >= 0.3 is 11.9 Å². The lowest BCUT2D eigenvalue weighted by molar-refractivity contribution is -0.142. The van der Waals surface area contributed by atoms with Crippen molar-refractivity contribution in [3.8, 4) is 0 Å². The molecule has 33 heavy (non-hydrogen) atoms. The third-order valence-corrected chi connectivity index (χ3v) is 4.69. The SMILES string of the molecule is CC(C)[C@H](NC(=O)[C@H](CO)NC(=O)[C@@H](N)CC(=O)O)C(=O)N[C@@H](Cc1ccccc1)C(=O)O. The van der Waals surface area contributed by atoms with Crippen molar-refractivity contribution in [2.24, 2.45) is 11.7 Å². The van der Waals surface area contributed by atoms with E-state index in [1.165, 1.54) is 0 Å². The van der Waals surface area contributed by atoms with Crippen molar-refractivity contribution >= 4 is 29.7 Å². The Labute approximate surface area is 190 Å². The molecule has 8 N–H and O–H groups in total. The third kappa shape index (κ3) is 9.25. The summed E-state index contributed by atoms with van der Waals surface area (Å²) in [6, 6.07) is 3.31. The van der Waals surface area contributed by atoms with E-state index >= 15 is 0 Å². The average Bonchev–Trinajstić information content (AvgIpc) is 2.74. The number of rotatable bonds is 13. The molecule has 0 fully saturated rings. The summed E-state index contributed by atoms with van der Waals surface area (Å²) in [7, 11) is 0. The fourth-order valence-electron chi connectivity index (χ4n) is 2.85. The van der Waals surface area contributed by atoms with Gasteiger partial charge in [0.05, 0.1) is 19.1 Å². The van der Waals surface area contributed by atoms with Gasteiger partial charge < -0.3 is 37.0 Å². The number of benzene rings is 1. The molecule has 0 aliphatic carbocycles. The number of nitrogens with one attached hydrogen (secondary N) is 3. The van der Waals surface area contributed by atoms with Crippen LogP contribution in [0.2, 0.25) is 0 Å². The number of nitrogens with two attached hydrogens (primary N) is 1. The standard InChI is InChI=1S/C21H30N4O8/c1-11(2)17(20(31)23-14(21(32)33)8-12-6-4-3-5-7-12)25-19(30)15(10-26)24-18(29)13(22)9-16(27)28/h3-7,11,13-15,17,26H,8-10,22H2,1-2H3,(H,23,31)(H,24,29)(H,25,30)(H,27,28)(H,32,33)/t13-,14-,15-,17-/m0/s1. The number of carbonyl (C=O) groups excluding carboxylic acids is 3. The summed E-state index contributed by atoms with van der Waals surface area (Å²) >= 11 is 0. The van der Waals surface area contributed by atoms with Gasteiger partial charge in [-0.2, -0.15) is 0 Å². The van der Waals surface area contributed by atoms with Crippen LogP contribution in [0.25, 0.3) is 0 Å². The van der Waals surface area contributed by atoms with Crippen LogP contribution < -0.4 is 21.7 Å². The number of carboxylic acid groups (broad SMARTS) is 2. The summed E-state index contributed by atoms with van der Waals surface area (Å²) in [6.45, 7) is 2.40. The zero-order valence-corrected chi connectivity index (χ0v) is 18.4. The summed E-state index contributed by atoms with van der Waals surface area (Å²) in [5.41, 5.74) is 6.13. The van der Waals surface area contributed by atoms with Crippen molar-refractivity contribution in [2.45, 2.75) is 50.9 Å². The highest BCUT2D eigenvalue weighted by atomic mass is 16.4. The fraction of sp³-hybridized carbons (Fsp3) is 0.476. The number of aliphatic hydroxyl groups is 1. The number of aliphatic carboxylic acids is 2. The largest absolute Gasteiger partial charge is 0.481 e. The molecule has 12 nitrogen and oxygen atoms in total. The number of carboxylic acids is 2. The van der Waals surface area contributed by atoms with Crippen LogP contribution in [0.5, 0.6) is 0 Å². The van der Waals surface area contributed by atoms with Crippen molar-refractivity contribution in [1.82, 2.24) is 16.0 Å². The third-order valence-electron chi connectivity index (χ3n) is 4.69. The van der Waals surface area contributed by atoms with Gasteiger partial charge in [0, 0.05) is 6.42 Å². The lowest BCUT2D eigenvalue weighted by Gasteiger charge is -2.26. The molecular weight excluding hydrogens is 436 g/mol. The first-order valence-electron chi connectivity index (χ1n) is 10.2. The van der Waals surface area contributed by atoms with Crippen LogP contribution in [-0.2, 0) is 30.4 Å². The molecule has 0 aromatic heterocycles. The Hall–Kier alpha value is -3.51. The minimum absolute atomic E-state index is 0.0253. The second-order valence-corrected chi connectivity index (χ2v) is 7.77. The van der Waals surface area contributed by atoms with E-state index in [1.54, 1.807) is 44.2 Å². The predicted molar refractivity (Wildman–Crippen MR) is 116 cm³/mol. The number of aliphatic hydroxyl groups excluding tert-OH is 1. The first-order valence-corrected chi connectivity index (χ1v) is 10.2. The Morgan fingerprint density at radius 1 is 0.879 bits per heavy atom. The molecule has 0 saturated carbocycles. The maximum atomic E-state index is 12.8. The van der Waals surface area contributed by atoms with Gasteiger partial charge in [-0.25, -0.2) is 4.79 Å². The first-order chi connectivity index (χ1) is 15.5. The topological polar surface area (TPSA) is 208 Å². The molecule has 0 aliphatic heterocycles. The van der Waals surface area contributed by atoms with Gasteiger partial charge in [0.1, 0.15) is 18.1 Å². The average molecular weight is 466 g/mol. The maximum absolute atomic E-state index is 12.8. The molecule has 1 aromatic rings. The lowest BCUT2D eigenvalue weighted by atomic mass is 10.0. The Bertz CT molecular complexity index is 846. The quantitative estimate of drug-likeness (QED) is 0.175. The van der Waals surface area contributed by atoms with Crippen LogP contribution in [0.4, 0.5) is 0 Å². The molecule has 0 aliphatic rings. The molecular formula is C21H30N4O8. The van der Waals surface area contributed by atoms with E-state index in [-0.39, 0.29) is 6.42 Å². The Morgan fingerprint density at radius 3 is 1.94 bits per heavy atom. The van der Waals surface area contributed by atoms with Crippen molar-refractivity contribution in [2.75, 3.05) is 6.61 Å². The molecule has 0 bridgehead atoms. The highest BCUT2D eigenvalue weighted by Gasteiger charge is 2.32. The Morgan fingerprint density at radius 2 is 1.45 bits per heavy atom. The fourth-order valence-corrected chi connectivity index (χ4v) is 2.85. The minimum atomic E-state index is -1.49. The molecule has 0 spiro atoms. The molecule has 1 aromatic carbocycles. The van der Waals surface area contributed by atoms with E-state index in [1.807, 2.05) is 0 Å². The van der Waals surface area contributed by atoms with Crippen LogP contribution in [0, 0.1) is 5.92 Å². The molecule has 3 amide bonds. The number of hydrogen-bond acceptors (Lipinski definition) is 7. The van der Waals surface area contributed by atoms with E-state index in [9.17, 15) is 34.2 Å². The first kappa shape index (κ1) is 27.5. The molecule has 4 atom stereocenters. The van der Waals surface area contributed by atoms with Crippen LogP contribution in [0.3, 0.4) is 0 Å². The monoisotopic (exact) mass is 466 g/mol.